The van der Waals surface area contributed by atoms with Crippen molar-refractivity contribution in [3.63, 3.8) is 0 Å². The summed E-state index contributed by atoms with van der Waals surface area (Å²) >= 11 is 0. The quantitative estimate of drug-likeness (QED) is 0.761. The number of fused-ring (bicyclic) bond motifs is 1. The van der Waals surface area contributed by atoms with Crippen molar-refractivity contribution >= 4 is 22.5 Å². The first-order valence-corrected chi connectivity index (χ1v) is 6.58. The van der Waals surface area contributed by atoms with E-state index in [0.29, 0.717) is 6.42 Å². The van der Waals surface area contributed by atoms with Crippen LogP contribution in [0.3, 0.4) is 0 Å². The summed E-state index contributed by atoms with van der Waals surface area (Å²) in [5, 5.41) is 4.05. The molecule has 2 N–H and O–H groups in total. The predicted octanol–water partition coefficient (Wildman–Crippen LogP) is 3.13. The van der Waals surface area contributed by atoms with Crippen molar-refractivity contribution in [3.8, 4) is 0 Å². The fourth-order valence-corrected chi connectivity index (χ4v) is 2.25. The average Bonchev–Trinajstić information content (AvgIpc) is 2.89. The molecule has 0 bridgehead atoms. The van der Waals surface area contributed by atoms with E-state index >= 15 is 0 Å². The number of rotatable bonds is 4. The molecule has 0 aliphatic heterocycles. The molecule has 0 unspecified atom stereocenters. The van der Waals surface area contributed by atoms with Crippen LogP contribution in [0.5, 0.6) is 0 Å². The van der Waals surface area contributed by atoms with Gasteiger partial charge in [0, 0.05) is 41.6 Å². The highest BCUT2D eigenvalue weighted by atomic mass is 16.1. The number of aromatic nitrogens is 2. The molecule has 4 nitrogen and oxygen atoms in total. The third-order valence-electron chi connectivity index (χ3n) is 3.26. The number of carbonyl (C=O) groups excluding carboxylic acids is 1. The van der Waals surface area contributed by atoms with Gasteiger partial charge in [-0.25, -0.2) is 0 Å². The lowest BCUT2D eigenvalue weighted by molar-refractivity contribution is -0.116. The van der Waals surface area contributed by atoms with Crippen molar-refractivity contribution in [2.45, 2.75) is 12.8 Å². The standard InChI is InChI=1S/C16H15N3O/c20-16(19-13-7-9-17-10-8-13)6-5-12-11-18-15-4-2-1-3-14(12)15/h1-4,7-11,18H,5-6H2,(H,17,19,20). The van der Waals surface area contributed by atoms with Crippen LogP contribution in [-0.2, 0) is 11.2 Å². The molecule has 0 radical (unpaired) electrons. The number of aromatic amines is 1. The number of para-hydroxylation sites is 1. The topological polar surface area (TPSA) is 57.8 Å². The molecule has 0 aliphatic carbocycles. The van der Waals surface area contributed by atoms with E-state index in [-0.39, 0.29) is 5.91 Å². The maximum absolute atomic E-state index is 11.9. The maximum Gasteiger partial charge on any atom is 0.224 e. The summed E-state index contributed by atoms with van der Waals surface area (Å²) in [6, 6.07) is 11.7. The van der Waals surface area contributed by atoms with Gasteiger partial charge in [0.25, 0.3) is 0 Å². The highest BCUT2D eigenvalue weighted by molar-refractivity contribution is 5.91. The average molecular weight is 265 g/mol. The molecule has 20 heavy (non-hydrogen) atoms. The summed E-state index contributed by atoms with van der Waals surface area (Å²) in [5.74, 6) is 0.0153. The van der Waals surface area contributed by atoms with Gasteiger partial charge >= 0.3 is 0 Å². The Labute approximate surface area is 116 Å². The van der Waals surface area contributed by atoms with Crippen LogP contribution >= 0.6 is 0 Å². The van der Waals surface area contributed by atoms with Gasteiger partial charge in [0.05, 0.1) is 0 Å². The van der Waals surface area contributed by atoms with Crippen LogP contribution in [0.1, 0.15) is 12.0 Å². The Bertz CT molecular complexity index is 719. The second-order valence-corrected chi connectivity index (χ2v) is 4.64. The van der Waals surface area contributed by atoms with Crippen LogP contribution in [0.2, 0.25) is 0 Å². The van der Waals surface area contributed by atoms with E-state index in [1.807, 2.05) is 24.4 Å². The van der Waals surface area contributed by atoms with Crippen molar-refractivity contribution in [1.82, 2.24) is 9.97 Å². The third kappa shape index (κ3) is 2.69. The monoisotopic (exact) mass is 265 g/mol. The van der Waals surface area contributed by atoms with Crippen LogP contribution in [-0.4, -0.2) is 15.9 Å². The van der Waals surface area contributed by atoms with E-state index in [2.05, 4.69) is 21.4 Å². The largest absolute Gasteiger partial charge is 0.361 e. The van der Waals surface area contributed by atoms with Crippen molar-refractivity contribution < 1.29 is 4.79 Å². The highest BCUT2D eigenvalue weighted by Crippen LogP contribution is 2.19. The van der Waals surface area contributed by atoms with Crippen LogP contribution < -0.4 is 5.32 Å². The maximum atomic E-state index is 11.9. The van der Waals surface area contributed by atoms with Gasteiger partial charge < -0.3 is 10.3 Å². The van der Waals surface area contributed by atoms with Crippen molar-refractivity contribution in [3.05, 3.63) is 60.6 Å². The number of carbonyl (C=O) groups is 1. The summed E-state index contributed by atoms with van der Waals surface area (Å²) in [6.45, 7) is 0. The second kappa shape index (κ2) is 5.57. The molecular weight excluding hydrogens is 250 g/mol. The Morgan fingerprint density at radius 2 is 1.95 bits per heavy atom. The fraction of sp³-hybridized carbons (Fsp3) is 0.125. The summed E-state index contributed by atoms with van der Waals surface area (Å²) in [4.78, 5) is 19.0. The zero-order chi connectivity index (χ0) is 13.8. The smallest absolute Gasteiger partial charge is 0.224 e. The first kappa shape index (κ1) is 12.4. The molecule has 2 heterocycles. The van der Waals surface area contributed by atoms with E-state index in [1.165, 1.54) is 10.9 Å². The van der Waals surface area contributed by atoms with Crippen molar-refractivity contribution in [2.24, 2.45) is 0 Å². The molecule has 0 aliphatic rings. The fourth-order valence-electron chi connectivity index (χ4n) is 2.25. The molecule has 0 saturated carbocycles. The lowest BCUT2D eigenvalue weighted by Crippen LogP contribution is -2.12. The zero-order valence-corrected chi connectivity index (χ0v) is 11.0. The Morgan fingerprint density at radius 3 is 2.80 bits per heavy atom. The predicted molar refractivity (Wildman–Crippen MR) is 79.5 cm³/mol. The minimum absolute atomic E-state index is 0.0153. The van der Waals surface area contributed by atoms with Gasteiger partial charge in [-0.05, 0) is 30.2 Å². The zero-order valence-electron chi connectivity index (χ0n) is 11.0. The van der Waals surface area contributed by atoms with Gasteiger partial charge in [-0.15, -0.1) is 0 Å². The molecule has 2 aromatic heterocycles. The van der Waals surface area contributed by atoms with E-state index < -0.39 is 0 Å². The number of hydrogen-bond acceptors (Lipinski definition) is 2. The number of amides is 1. The summed E-state index contributed by atoms with van der Waals surface area (Å²) in [5.41, 5.74) is 3.06. The minimum Gasteiger partial charge on any atom is -0.361 e. The molecule has 3 aromatic rings. The molecule has 0 fully saturated rings. The SMILES string of the molecule is O=C(CCc1c[nH]c2ccccc12)Nc1ccncc1. The molecule has 0 spiro atoms. The van der Waals surface area contributed by atoms with Crippen LogP contribution in [0, 0.1) is 0 Å². The highest BCUT2D eigenvalue weighted by Gasteiger charge is 2.06. The Balaban J connectivity index is 1.63. The number of benzene rings is 1. The molecule has 4 heteroatoms. The van der Waals surface area contributed by atoms with Gasteiger partial charge in [0.15, 0.2) is 0 Å². The summed E-state index contributed by atoms with van der Waals surface area (Å²) in [6.07, 6.45) is 6.49. The van der Waals surface area contributed by atoms with Gasteiger partial charge in [0.1, 0.15) is 0 Å². The normalized spacial score (nSPS) is 10.6. The number of pyridine rings is 1. The number of aryl methyl sites for hydroxylation is 1. The van der Waals surface area contributed by atoms with Gasteiger partial charge in [0.2, 0.25) is 5.91 Å². The van der Waals surface area contributed by atoms with Crippen molar-refractivity contribution in [1.29, 1.82) is 0 Å². The van der Waals surface area contributed by atoms with Crippen LogP contribution in [0.15, 0.2) is 55.0 Å². The second-order valence-electron chi connectivity index (χ2n) is 4.64. The van der Waals surface area contributed by atoms with E-state index in [0.717, 1.165) is 17.6 Å². The minimum atomic E-state index is 0.0153. The first-order chi connectivity index (χ1) is 9.83. The Kier molecular flexibility index (Phi) is 3.46. The number of H-pyrrole nitrogens is 1. The van der Waals surface area contributed by atoms with Gasteiger partial charge in [-0.3, -0.25) is 9.78 Å². The number of nitrogens with zero attached hydrogens (tertiary/aromatic N) is 1. The lowest BCUT2D eigenvalue weighted by Gasteiger charge is -2.04. The van der Waals surface area contributed by atoms with Crippen molar-refractivity contribution in [2.75, 3.05) is 5.32 Å². The van der Waals surface area contributed by atoms with Gasteiger partial charge in [-0.1, -0.05) is 18.2 Å². The lowest BCUT2D eigenvalue weighted by atomic mass is 10.1. The number of hydrogen-bond donors (Lipinski definition) is 2. The molecule has 100 valence electrons. The Hall–Kier alpha value is -2.62. The molecule has 1 aromatic carbocycles. The molecule has 3 rings (SSSR count). The number of nitrogens with one attached hydrogen (secondary N) is 2. The molecule has 0 saturated heterocycles. The first-order valence-electron chi connectivity index (χ1n) is 6.58. The van der Waals surface area contributed by atoms with E-state index in [4.69, 9.17) is 0 Å². The van der Waals surface area contributed by atoms with E-state index in [9.17, 15) is 4.79 Å². The van der Waals surface area contributed by atoms with Crippen LogP contribution in [0.25, 0.3) is 10.9 Å². The van der Waals surface area contributed by atoms with E-state index in [1.54, 1.807) is 24.5 Å². The summed E-state index contributed by atoms with van der Waals surface area (Å²) in [7, 11) is 0. The molecule has 1 amide bonds. The van der Waals surface area contributed by atoms with Gasteiger partial charge in [-0.2, -0.15) is 0 Å². The Morgan fingerprint density at radius 1 is 1.15 bits per heavy atom. The summed E-state index contributed by atoms with van der Waals surface area (Å²) < 4.78 is 0. The third-order valence-corrected chi connectivity index (χ3v) is 3.26. The molecule has 0 atom stereocenters. The molecular formula is C16H15N3O. The number of anilines is 1. The van der Waals surface area contributed by atoms with Crippen LogP contribution in [0.4, 0.5) is 5.69 Å².